The molecule has 7 nitrogen and oxygen atoms in total. The maximum absolute atomic E-state index is 11.7. The van der Waals surface area contributed by atoms with E-state index in [1.165, 1.54) is 7.11 Å². The van der Waals surface area contributed by atoms with E-state index in [1.807, 2.05) is 45.0 Å². The maximum Gasteiger partial charge on any atom is 0.331 e. The molecule has 1 N–H and O–H groups in total. The molecule has 1 saturated heterocycles. The molecule has 8 heteroatoms. The van der Waals surface area contributed by atoms with Crippen molar-refractivity contribution in [1.29, 1.82) is 0 Å². The topological polar surface area (TPSA) is 89.3 Å². The highest BCUT2D eigenvalue weighted by molar-refractivity contribution is 8.18. The number of esters is 1. The number of hydrogen-bond donors (Lipinski definition) is 1. The Kier molecular flexibility index (Phi) is 5.97. The molecule has 1 aliphatic heterocycles. The van der Waals surface area contributed by atoms with Gasteiger partial charge in [0.2, 0.25) is 0 Å². The van der Waals surface area contributed by atoms with Crippen LogP contribution in [-0.4, -0.2) is 36.0 Å². The second kappa shape index (κ2) is 7.98. The first-order valence-corrected chi connectivity index (χ1v) is 8.27. The zero-order valence-corrected chi connectivity index (χ0v) is 15.2. The van der Waals surface area contributed by atoms with Gasteiger partial charge < -0.3 is 9.47 Å². The van der Waals surface area contributed by atoms with Crippen LogP contribution in [0.3, 0.4) is 0 Å². The van der Waals surface area contributed by atoms with Gasteiger partial charge in [-0.3, -0.25) is 10.1 Å². The summed E-state index contributed by atoms with van der Waals surface area (Å²) in [5, 5.41) is 10.7. The number of methoxy groups -OCH3 is 1. The molecule has 1 aromatic rings. The summed E-state index contributed by atoms with van der Waals surface area (Å²) in [4.78, 5) is 23.0. The van der Waals surface area contributed by atoms with Gasteiger partial charge in [-0.05, 0) is 62.4 Å². The van der Waals surface area contributed by atoms with E-state index in [-0.39, 0.29) is 10.5 Å². The zero-order valence-electron chi connectivity index (χ0n) is 14.4. The van der Waals surface area contributed by atoms with E-state index in [4.69, 9.17) is 4.74 Å². The largest absolute Gasteiger partial charge is 0.488 e. The molecule has 0 radical (unpaired) electrons. The lowest BCUT2D eigenvalue weighted by atomic mass is 10.2. The number of amides is 1. The fourth-order valence-electron chi connectivity index (χ4n) is 1.76. The summed E-state index contributed by atoms with van der Waals surface area (Å²) in [5.74, 6) is -0.236. The van der Waals surface area contributed by atoms with E-state index in [1.54, 1.807) is 6.21 Å². The van der Waals surface area contributed by atoms with Crippen LogP contribution in [0.15, 0.2) is 45.4 Å². The highest BCUT2D eigenvalue weighted by atomic mass is 32.2. The van der Waals surface area contributed by atoms with Gasteiger partial charge in [0, 0.05) is 6.08 Å². The number of nitrogens with zero attached hydrogens (tertiary/aromatic N) is 2. The fraction of sp³-hybridized carbons (Fsp3) is 0.294. The molecule has 25 heavy (non-hydrogen) atoms. The van der Waals surface area contributed by atoms with Crippen LogP contribution in [0.5, 0.6) is 5.75 Å². The first kappa shape index (κ1) is 18.7. The van der Waals surface area contributed by atoms with Crippen molar-refractivity contribution in [3.05, 3.63) is 40.8 Å². The van der Waals surface area contributed by atoms with Gasteiger partial charge in [-0.15, -0.1) is 5.10 Å². The third kappa shape index (κ3) is 6.07. The Hall–Kier alpha value is -2.61. The average molecular weight is 361 g/mol. The van der Waals surface area contributed by atoms with Crippen LogP contribution in [0.25, 0.3) is 0 Å². The molecular formula is C17H19N3O4S. The maximum atomic E-state index is 11.7. The average Bonchev–Trinajstić information content (AvgIpc) is 2.87. The molecular weight excluding hydrogens is 342 g/mol. The molecule has 1 fully saturated rings. The predicted molar refractivity (Wildman–Crippen MR) is 97.7 cm³/mol. The van der Waals surface area contributed by atoms with Gasteiger partial charge in [0.1, 0.15) is 11.4 Å². The van der Waals surface area contributed by atoms with E-state index in [2.05, 4.69) is 20.3 Å². The normalized spacial score (nSPS) is 18.0. The molecule has 0 spiro atoms. The number of hydrogen-bond acceptors (Lipinski definition) is 7. The van der Waals surface area contributed by atoms with Crippen molar-refractivity contribution in [2.24, 2.45) is 10.2 Å². The second-order valence-corrected chi connectivity index (χ2v) is 7.05. The Morgan fingerprint density at radius 1 is 1.24 bits per heavy atom. The van der Waals surface area contributed by atoms with Gasteiger partial charge in [0.15, 0.2) is 5.17 Å². The molecule has 0 bridgehead atoms. The van der Waals surface area contributed by atoms with Crippen LogP contribution >= 0.6 is 11.8 Å². The number of rotatable bonds is 4. The van der Waals surface area contributed by atoms with Gasteiger partial charge in [-0.25, -0.2) is 4.79 Å². The van der Waals surface area contributed by atoms with E-state index >= 15 is 0 Å². The van der Waals surface area contributed by atoms with Gasteiger partial charge in [0.05, 0.1) is 18.2 Å². The lowest BCUT2D eigenvalue weighted by Crippen LogP contribution is -2.22. The van der Waals surface area contributed by atoms with E-state index in [0.717, 1.165) is 29.2 Å². The van der Waals surface area contributed by atoms with E-state index in [9.17, 15) is 9.59 Å². The number of carbonyl (C=O) groups is 2. The van der Waals surface area contributed by atoms with E-state index < -0.39 is 11.9 Å². The standard InChI is InChI=1S/C17H19N3O4S/c1-17(2,3)24-12-7-5-11(6-8-12)10-18-20-16-19-15(22)13(25-16)9-14(21)23-4/h5-10H,1-4H3,(H,19,20,22)/b13-9+,18-10?. The van der Waals surface area contributed by atoms with Gasteiger partial charge in [-0.2, -0.15) is 5.10 Å². The second-order valence-electron chi connectivity index (χ2n) is 6.02. The number of thioether (sulfide) groups is 1. The lowest BCUT2D eigenvalue weighted by molar-refractivity contribution is -0.135. The fourth-order valence-corrected chi connectivity index (χ4v) is 2.50. The quantitative estimate of drug-likeness (QED) is 0.385. The summed E-state index contributed by atoms with van der Waals surface area (Å²) in [6.07, 6.45) is 2.67. The Balaban J connectivity index is 1.99. The summed E-state index contributed by atoms with van der Waals surface area (Å²) < 4.78 is 10.2. The van der Waals surface area contributed by atoms with E-state index in [0.29, 0.717) is 5.17 Å². The summed E-state index contributed by atoms with van der Waals surface area (Å²) in [5.41, 5.74) is 0.583. The minimum absolute atomic E-state index is 0.212. The third-order valence-electron chi connectivity index (χ3n) is 2.76. The number of nitrogens with one attached hydrogen (secondary N) is 1. The summed E-state index contributed by atoms with van der Waals surface area (Å²) in [6.45, 7) is 5.94. The SMILES string of the molecule is COC(=O)/C=C1/S/C(=N\N=Cc2ccc(OC(C)(C)C)cc2)NC1=O. The van der Waals surface area contributed by atoms with Crippen LogP contribution in [0, 0.1) is 0 Å². The smallest absolute Gasteiger partial charge is 0.331 e. The lowest BCUT2D eigenvalue weighted by Gasteiger charge is -2.21. The number of carbonyl (C=O) groups excluding carboxylic acids is 2. The van der Waals surface area contributed by atoms with Crippen molar-refractivity contribution >= 4 is 35.0 Å². The minimum atomic E-state index is -0.597. The number of amidine groups is 1. The van der Waals surface area contributed by atoms with Gasteiger partial charge in [0.25, 0.3) is 5.91 Å². The Morgan fingerprint density at radius 3 is 2.52 bits per heavy atom. The van der Waals surface area contributed by atoms with Crippen LogP contribution in [0.4, 0.5) is 0 Å². The highest BCUT2D eigenvalue weighted by Crippen LogP contribution is 2.23. The molecule has 0 atom stereocenters. The number of ether oxygens (including phenoxy) is 2. The summed E-state index contributed by atoms with van der Waals surface area (Å²) in [6, 6.07) is 7.41. The molecule has 1 amide bonds. The predicted octanol–water partition coefficient (Wildman–Crippen LogP) is 2.47. The molecule has 132 valence electrons. The molecule has 0 saturated carbocycles. The van der Waals surface area contributed by atoms with Crippen molar-refractivity contribution < 1.29 is 19.1 Å². The van der Waals surface area contributed by atoms with Crippen molar-refractivity contribution in [3.63, 3.8) is 0 Å². The molecule has 0 unspecified atom stereocenters. The Labute approximate surface area is 150 Å². The van der Waals surface area contributed by atoms with Crippen LogP contribution in [0.1, 0.15) is 26.3 Å². The third-order valence-corrected chi connectivity index (χ3v) is 3.66. The molecule has 0 aliphatic carbocycles. The first-order chi connectivity index (χ1) is 11.8. The number of benzene rings is 1. The van der Waals surface area contributed by atoms with Gasteiger partial charge >= 0.3 is 5.97 Å². The Bertz CT molecular complexity index is 746. The molecule has 1 aromatic carbocycles. The van der Waals surface area contributed by atoms with Crippen molar-refractivity contribution in [3.8, 4) is 5.75 Å². The van der Waals surface area contributed by atoms with Crippen LogP contribution in [0.2, 0.25) is 0 Å². The summed E-state index contributed by atoms with van der Waals surface area (Å²) >= 11 is 1.02. The molecule has 1 heterocycles. The monoisotopic (exact) mass is 361 g/mol. The van der Waals surface area contributed by atoms with Crippen molar-refractivity contribution in [2.45, 2.75) is 26.4 Å². The Morgan fingerprint density at radius 2 is 1.92 bits per heavy atom. The van der Waals surface area contributed by atoms with Crippen molar-refractivity contribution in [2.75, 3.05) is 7.11 Å². The molecule has 1 aliphatic rings. The minimum Gasteiger partial charge on any atom is -0.488 e. The zero-order chi connectivity index (χ0) is 18.4. The van der Waals surface area contributed by atoms with Crippen LogP contribution < -0.4 is 10.1 Å². The molecule has 0 aromatic heterocycles. The van der Waals surface area contributed by atoms with Gasteiger partial charge in [-0.1, -0.05) is 0 Å². The van der Waals surface area contributed by atoms with Crippen molar-refractivity contribution in [1.82, 2.24) is 5.32 Å². The molecule has 2 rings (SSSR count). The van der Waals surface area contributed by atoms with Crippen LogP contribution in [-0.2, 0) is 14.3 Å². The summed E-state index contributed by atoms with van der Waals surface area (Å²) in [7, 11) is 1.24. The highest BCUT2D eigenvalue weighted by Gasteiger charge is 2.24. The first-order valence-electron chi connectivity index (χ1n) is 7.46.